The summed E-state index contributed by atoms with van der Waals surface area (Å²) in [7, 11) is 0. The Labute approximate surface area is 153 Å². The molecule has 0 atom stereocenters. The van der Waals surface area contributed by atoms with E-state index in [9.17, 15) is 0 Å². The van der Waals surface area contributed by atoms with Crippen molar-refractivity contribution in [1.82, 2.24) is 15.0 Å². The molecule has 4 rings (SSSR count). The summed E-state index contributed by atoms with van der Waals surface area (Å²) in [4.78, 5) is 12.3. The number of rotatable bonds is 4. The average Bonchev–Trinajstić information content (AvgIpc) is 3.08. The molecule has 128 valence electrons. The molecular weight excluding hydrogens is 318 g/mol. The number of H-pyrrole nitrogens is 1. The third kappa shape index (κ3) is 2.93. The summed E-state index contributed by atoms with van der Waals surface area (Å²) in [5, 5.41) is 0. The summed E-state index contributed by atoms with van der Waals surface area (Å²) in [6.45, 7) is 8.21. The lowest BCUT2D eigenvalue weighted by Gasteiger charge is -2.11. The fourth-order valence-electron chi connectivity index (χ4n) is 3.23. The standard InChI is InChI=1S/C23H21N3/c1-4-5-19-13-18(17-7-6-15(2)16(3)12-17)8-9-20(19)23-25-21-10-11-24-14-22(21)26-23/h4,6-14H,1,5H2,2-3H3,(H,25,26). The van der Waals surface area contributed by atoms with Gasteiger partial charge in [-0.3, -0.25) is 4.98 Å². The van der Waals surface area contributed by atoms with Crippen molar-refractivity contribution in [2.24, 2.45) is 0 Å². The summed E-state index contributed by atoms with van der Waals surface area (Å²) in [5.74, 6) is 0.872. The molecule has 26 heavy (non-hydrogen) atoms. The van der Waals surface area contributed by atoms with E-state index in [0.29, 0.717) is 0 Å². The van der Waals surface area contributed by atoms with Gasteiger partial charge in [0.2, 0.25) is 0 Å². The number of aromatic amines is 1. The van der Waals surface area contributed by atoms with Gasteiger partial charge in [-0.05, 0) is 54.2 Å². The normalized spacial score (nSPS) is 11.0. The van der Waals surface area contributed by atoms with Crippen LogP contribution in [-0.4, -0.2) is 15.0 Å². The van der Waals surface area contributed by atoms with Gasteiger partial charge >= 0.3 is 0 Å². The summed E-state index contributed by atoms with van der Waals surface area (Å²) in [6.07, 6.45) is 6.30. The first-order valence-corrected chi connectivity index (χ1v) is 8.77. The number of hydrogen-bond donors (Lipinski definition) is 1. The minimum Gasteiger partial charge on any atom is -0.337 e. The molecular formula is C23H21N3. The summed E-state index contributed by atoms with van der Waals surface area (Å²) in [5.41, 5.74) is 9.26. The molecule has 2 aromatic carbocycles. The molecule has 0 fully saturated rings. The van der Waals surface area contributed by atoms with Gasteiger partial charge in [0.15, 0.2) is 0 Å². The maximum atomic E-state index is 4.72. The van der Waals surface area contributed by atoms with Crippen LogP contribution in [0.2, 0.25) is 0 Å². The fourth-order valence-corrected chi connectivity index (χ4v) is 3.23. The van der Waals surface area contributed by atoms with Crippen molar-refractivity contribution < 1.29 is 0 Å². The van der Waals surface area contributed by atoms with Crippen LogP contribution in [0.25, 0.3) is 33.5 Å². The van der Waals surface area contributed by atoms with Crippen LogP contribution in [0.5, 0.6) is 0 Å². The van der Waals surface area contributed by atoms with Gasteiger partial charge in [-0.15, -0.1) is 6.58 Å². The number of hydrogen-bond acceptors (Lipinski definition) is 2. The number of benzene rings is 2. The van der Waals surface area contributed by atoms with E-state index in [0.717, 1.165) is 28.8 Å². The first-order valence-electron chi connectivity index (χ1n) is 8.77. The van der Waals surface area contributed by atoms with E-state index in [1.165, 1.54) is 27.8 Å². The number of nitrogens with zero attached hydrogens (tertiary/aromatic N) is 2. The van der Waals surface area contributed by atoms with Crippen LogP contribution >= 0.6 is 0 Å². The Kier molecular flexibility index (Phi) is 4.13. The Hall–Kier alpha value is -3.20. The molecule has 0 radical (unpaired) electrons. The van der Waals surface area contributed by atoms with Gasteiger partial charge in [0.05, 0.1) is 17.2 Å². The third-order valence-corrected chi connectivity index (χ3v) is 4.85. The Bertz CT molecular complexity index is 1070. The summed E-state index contributed by atoms with van der Waals surface area (Å²) in [6, 6.07) is 15.1. The number of fused-ring (bicyclic) bond motifs is 1. The second-order valence-electron chi connectivity index (χ2n) is 6.64. The van der Waals surface area contributed by atoms with E-state index < -0.39 is 0 Å². The zero-order chi connectivity index (χ0) is 18.1. The zero-order valence-electron chi connectivity index (χ0n) is 15.1. The van der Waals surface area contributed by atoms with Gasteiger partial charge in [-0.25, -0.2) is 4.98 Å². The van der Waals surface area contributed by atoms with Crippen LogP contribution in [0, 0.1) is 13.8 Å². The molecule has 4 aromatic rings. The maximum absolute atomic E-state index is 4.72. The number of aromatic nitrogens is 3. The van der Waals surface area contributed by atoms with Gasteiger partial charge in [-0.2, -0.15) is 0 Å². The number of pyridine rings is 1. The van der Waals surface area contributed by atoms with Crippen molar-refractivity contribution in [1.29, 1.82) is 0 Å². The maximum Gasteiger partial charge on any atom is 0.138 e. The van der Waals surface area contributed by atoms with Crippen molar-refractivity contribution in [2.75, 3.05) is 0 Å². The predicted octanol–water partition coefficient (Wildman–Crippen LogP) is 5.64. The highest BCUT2D eigenvalue weighted by Gasteiger charge is 2.11. The molecule has 0 aliphatic rings. The van der Waals surface area contributed by atoms with E-state index in [4.69, 9.17) is 4.98 Å². The van der Waals surface area contributed by atoms with Crippen molar-refractivity contribution >= 4 is 11.0 Å². The van der Waals surface area contributed by atoms with Crippen LogP contribution in [0.15, 0.2) is 67.5 Å². The Morgan fingerprint density at radius 1 is 1.00 bits per heavy atom. The number of imidazole rings is 1. The van der Waals surface area contributed by atoms with Gasteiger partial charge in [0.1, 0.15) is 5.82 Å². The van der Waals surface area contributed by atoms with E-state index in [1.54, 1.807) is 6.20 Å². The lowest BCUT2D eigenvalue weighted by atomic mass is 9.95. The smallest absolute Gasteiger partial charge is 0.138 e. The van der Waals surface area contributed by atoms with E-state index in [-0.39, 0.29) is 0 Å². The molecule has 3 heteroatoms. The highest BCUT2D eigenvalue weighted by Crippen LogP contribution is 2.30. The molecule has 0 unspecified atom stereocenters. The van der Waals surface area contributed by atoms with Crippen molar-refractivity contribution in [2.45, 2.75) is 20.3 Å². The Morgan fingerprint density at radius 2 is 1.81 bits per heavy atom. The van der Waals surface area contributed by atoms with Crippen molar-refractivity contribution in [3.8, 4) is 22.5 Å². The highest BCUT2D eigenvalue weighted by atomic mass is 14.9. The Balaban J connectivity index is 1.82. The highest BCUT2D eigenvalue weighted by molar-refractivity contribution is 5.80. The first-order chi connectivity index (χ1) is 12.7. The molecule has 2 aromatic heterocycles. The lowest BCUT2D eigenvalue weighted by molar-refractivity contribution is 1.24. The third-order valence-electron chi connectivity index (χ3n) is 4.85. The van der Waals surface area contributed by atoms with Gasteiger partial charge in [0.25, 0.3) is 0 Å². The molecule has 0 amide bonds. The molecule has 2 heterocycles. The number of nitrogens with one attached hydrogen (secondary N) is 1. The minimum atomic E-state index is 0.795. The van der Waals surface area contributed by atoms with Crippen LogP contribution in [0.4, 0.5) is 0 Å². The van der Waals surface area contributed by atoms with E-state index in [1.807, 2.05) is 18.3 Å². The average molecular weight is 339 g/mol. The molecule has 0 spiro atoms. The molecule has 1 N–H and O–H groups in total. The minimum absolute atomic E-state index is 0.795. The molecule has 0 aliphatic carbocycles. The van der Waals surface area contributed by atoms with E-state index in [2.05, 4.69) is 66.8 Å². The second kappa shape index (κ2) is 6.60. The van der Waals surface area contributed by atoms with Crippen LogP contribution < -0.4 is 0 Å². The monoisotopic (exact) mass is 339 g/mol. The Morgan fingerprint density at radius 3 is 2.58 bits per heavy atom. The number of allylic oxidation sites excluding steroid dienone is 1. The topological polar surface area (TPSA) is 41.6 Å². The van der Waals surface area contributed by atoms with Crippen LogP contribution in [0.3, 0.4) is 0 Å². The largest absolute Gasteiger partial charge is 0.337 e. The molecule has 0 saturated carbocycles. The summed E-state index contributed by atoms with van der Waals surface area (Å²) >= 11 is 0. The van der Waals surface area contributed by atoms with Gasteiger partial charge in [0, 0.05) is 11.8 Å². The molecule has 0 saturated heterocycles. The van der Waals surface area contributed by atoms with Crippen molar-refractivity contribution in [3.63, 3.8) is 0 Å². The molecule has 3 nitrogen and oxygen atoms in total. The number of aryl methyl sites for hydroxylation is 2. The first kappa shape index (κ1) is 16.3. The zero-order valence-corrected chi connectivity index (χ0v) is 15.1. The second-order valence-corrected chi connectivity index (χ2v) is 6.64. The van der Waals surface area contributed by atoms with Gasteiger partial charge in [-0.1, -0.05) is 42.5 Å². The van der Waals surface area contributed by atoms with E-state index >= 15 is 0 Å². The van der Waals surface area contributed by atoms with Gasteiger partial charge < -0.3 is 4.98 Å². The molecule has 0 bridgehead atoms. The lowest BCUT2D eigenvalue weighted by Crippen LogP contribution is -1.92. The van der Waals surface area contributed by atoms with Crippen molar-refractivity contribution in [3.05, 3.63) is 84.2 Å². The van der Waals surface area contributed by atoms with Crippen LogP contribution in [0.1, 0.15) is 16.7 Å². The molecule has 0 aliphatic heterocycles. The SMILES string of the molecule is C=CCc1cc(-c2ccc(C)c(C)c2)ccc1-c1nc2ccncc2[nH]1. The summed E-state index contributed by atoms with van der Waals surface area (Å²) < 4.78 is 0. The predicted molar refractivity (Wildman–Crippen MR) is 108 cm³/mol. The quantitative estimate of drug-likeness (QED) is 0.489. The van der Waals surface area contributed by atoms with Crippen LogP contribution in [-0.2, 0) is 6.42 Å². The fraction of sp³-hybridized carbons (Fsp3) is 0.130.